The van der Waals surface area contributed by atoms with Crippen LogP contribution in [0.5, 0.6) is 0 Å². The van der Waals surface area contributed by atoms with Gasteiger partial charge >= 0.3 is 0 Å². The zero-order valence-electron chi connectivity index (χ0n) is 13.9. The molecule has 0 saturated carbocycles. The van der Waals surface area contributed by atoms with Crippen LogP contribution in [0.15, 0.2) is 55.4 Å². The minimum Gasteiger partial charge on any atom is -0.380 e. The molecule has 0 unspecified atom stereocenters. The number of benzene rings is 1. The van der Waals surface area contributed by atoms with E-state index in [0.717, 1.165) is 16.9 Å². The number of pyridine rings is 1. The third-order valence-electron chi connectivity index (χ3n) is 3.43. The molecule has 0 aliphatic rings. The van der Waals surface area contributed by atoms with Crippen LogP contribution in [0.25, 0.3) is 0 Å². The highest BCUT2D eigenvalue weighted by atomic mass is 16.1. The highest BCUT2D eigenvalue weighted by Gasteiger charge is 2.19. The first-order valence-corrected chi connectivity index (χ1v) is 7.62. The normalized spacial score (nSPS) is 10.9. The molecule has 2 aromatic rings. The molecule has 4 heteroatoms. The topological polar surface area (TPSA) is 54.0 Å². The summed E-state index contributed by atoms with van der Waals surface area (Å²) in [6.07, 6.45) is 5.00. The van der Waals surface area contributed by atoms with Gasteiger partial charge in [-0.2, -0.15) is 0 Å². The van der Waals surface area contributed by atoms with Gasteiger partial charge in [0.1, 0.15) is 0 Å². The van der Waals surface area contributed by atoms with Gasteiger partial charge in [0.15, 0.2) is 0 Å². The Morgan fingerprint density at radius 2 is 2.00 bits per heavy atom. The van der Waals surface area contributed by atoms with Gasteiger partial charge in [-0.3, -0.25) is 9.78 Å². The van der Waals surface area contributed by atoms with Gasteiger partial charge < -0.3 is 10.6 Å². The Hall–Kier alpha value is -2.62. The van der Waals surface area contributed by atoms with Gasteiger partial charge in [0.25, 0.3) is 5.91 Å². The third kappa shape index (κ3) is 4.42. The minimum atomic E-state index is -0.170. The Morgan fingerprint density at radius 3 is 2.70 bits per heavy atom. The lowest BCUT2D eigenvalue weighted by molar-refractivity contribution is 0.102. The van der Waals surface area contributed by atoms with Crippen LogP contribution in [0.3, 0.4) is 0 Å². The molecule has 0 bridgehead atoms. The zero-order valence-corrected chi connectivity index (χ0v) is 13.9. The summed E-state index contributed by atoms with van der Waals surface area (Å²) >= 11 is 0. The van der Waals surface area contributed by atoms with E-state index in [9.17, 15) is 4.79 Å². The zero-order chi connectivity index (χ0) is 16.9. The summed E-state index contributed by atoms with van der Waals surface area (Å²) in [4.78, 5) is 16.6. The van der Waals surface area contributed by atoms with Crippen LogP contribution in [0.4, 0.5) is 11.4 Å². The number of carbonyl (C=O) groups is 1. The molecule has 1 heterocycles. The van der Waals surface area contributed by atoms with Crippen molar-refractivity contribution in [3.8, 4) is 0 Å². The molecule has 0 aliphatic carbocycles. The number of amides is 1. The van der Waals surface area contributed by atoms with Gasteiger partial charge in [-0.1, -0.05) is 45.0 Å². The maximum absolute atomic E-state index is 12.5. The number of nitrogens with zero attached hydrogens (tertiary/aromatic N) is 1. The number of hydrogen-bond acceptors (Lipinski definition) is 3. The molecule has 4 nitrogen and oxygen atoms in total. The van der Waals surface area contributed by atoms with E-state index in [-0.39, 0.29) is 11.3 Å². The lowest BCUT2D eigenvalue weighted by Gasteiger charge is -2.23. The second-order valence-corrected chi connectivity index (χ2v) is 6.38. The number of anilines is 2. The summed E-state index contributed by atoms with van der Waals surface area (Å²) < 4.78 is 0. The molecule has 1 aromatic heterocycles. The van der Waals surface area contributed by atoms with E-state index in [2.05, 4.69) is 43.0 Å². The Morgan fingerprint density at radius 1 is 1.26 bits per heavy atom. The average Bonchev–Trinajstić information content (AvgIpc) is 2.52. The summed E-state index contributed by atoms with van der Waals surface area (Å²) in [5.74, 6) is -0.170. The van der Waals surface area contributed by atoms with Crippen LogP contribution in [0.1, 0.15) is 36.7 Å². The molecule has 0 saturated heterocycles. The number of nitrogens with one attached hydrogen (secondary N) is 2. The SMILES string of the molecule is C=CCNc1cncc(C(=O)Nc2ccccc2C(C)(C)C)c1. The predicted molar refractivity (Wildman–Crippen MR) is 96.0 cm³/mol. The van der Waals surface area contributed by atoms with Gasteiger partial charge in [-0.05, 0) is 23.1 Å². The van der Waals surface area contributed by atoms with Crippen LogP contribution in [-0.2, 0) is 5.41 Å². The maximum atomic E-state index is 12.5. The Kier molecular flexibility index (Phi) is 5.16. The monoisotopic (exact) mass is 309 g/mol. The maximum Gasteiger partial charge on any atom is 0.257 e. The van der Waals surface area contributed by atoms with Crippen molar-refractivity contribution in [1.82, 2.24) is 4.98 Å². The van der Waals surface area contributed by atoms with Crippen LogP contribution >= 0.6 is 0 Å². The molecule has 120 valence electrons. The Balaban J connectivity index is 2.21. The minimum absolute atomic E-state index is 0.0461. The summed E-state index contributed by atoms with van der Waals surface area (Å²) in [7, 11) is 0. The van der Waals surface area contributed by atoms with Gasteiger partial charge in [0, 0.05) is 24.6 Å². The van der Waals surface area contributed by atoms with E-state index >= 15 is 0 Å². The van der Waals surface area contributed by atoms with E-state index in [4.69, 9.17) is 0 Å². The first-order chi connectivity index (χ1) is 10.9. The van der Waals surface area contributed by atoms with Gasteiger partial charge in [0.05, 0.1) is 11.3 Å². The Labute approximate surface area is 137 Å². The smallest absolute Gasteiger partial charge is 0.257 e. The summed E-state index contributed by atoms with van der Waals surface area (Å²) in [5.41, 5.74) is 3.19. The van der Waals surface area contributed by atoms with E-state index in [0.29, 0.717) is 12.1 Å². The number of para-hydroxylation sites is 1. The van der Waals surface area contributed by atoms with Crippen molar-refractivity contribution in [2.24, 2.45) is 0 Å². The summed E-state index contributed by atoms with van der Waals surface area (Å²) in [5, 5.41) is 6.12. The molecule has 2 rings (SSSR count). The lowest BCUT2D eigenvalue weighted by Crippen LogP contribution is -2.19. The number of rotatable bonds is 5. The highest BCUT2D eigenvalue weighted by Crippen LogP contribution is 2.29. The predicted octanol–water partition coefficient (Wildman–Crippen LogP) is 4.23. The van der Waals surface area contributed by atoms with Gasteiger partial charge in [-0.15, -0.1) is 6.58 Å². The largest absolute Gasteiger partial charge is 0.380 e. The quantitative estimate of drug-likeness (QED) is 0.813. The molecule has 0 radical (unpaired) electrons. The van der Waals surface area contributed by atoms with Crippen molar-refractivity contribution >= 4 is 17.3 Å². The van der Waals surface area contributed by atoms with Crippen LogP contribution in [-0.4, -0.2) is 17.4 Å². The fraction of sp³-hybridized carbons (Fsp3) is 0.263. The second-order valence-electron chi connectivity index (χ2n) is 6.38. The summed E-state index contributed by atoms with van der Waals surface area (Å²) in [6.45, 7) is 10.7. The van der Waals surface area contributed by atoms with E-state index < -0.39 is 0 Å². The molecule has 0 atom stereocenters. The van der Waals surface area contributed by atoms with E-state index in [1.165, 1.54) is 0 Å². The molecule has 1 amide bonds. The second kappa shape index (κ2) is 7.09. The number of carbonyl (C=O) groups excluding carboxylic acids is 1. The van der Waals surface area contributed by atoms with Gasteiger partial charge in [-0.25, -0.2) is 0 Å². The molecule has 23 heavy (non-hydrogen) atoms. The first-order valence-electron chi connectivity index (χ1n) is 7.62. The molecule has 1 aromatic carbocycles. The first kappa shape index (κ1) is 16.7. The van der Waals surface area contributed by atoms with Crippen LogP contribution in [0.2, 0.25) is 0 Å². The fourth-order valence-corrected chi connectivity index (χ4v) is 2.29. The molecular formula is C19H23N3O. The molecule has 0 fully saturated rings. The van der Waals surface area contributed by atoms with Crippen LogP contribution in [0, 0.1) is 0 Å². The van der Waals surface area contributed by atoms with Crippen molar-refractivity contribution in [3.05, 3.63) is 66.5 Å². The molecule has 0 aliphatic heterocycles. The van der Waals surface area contributed by atoms with Crippen LogP contribution < -0.4 is 10.6 Å². The Bertz CT molecular complexity index is 702. The van der Waals surface area contributed by atoms with Crippen molar-refractivity contribution < 1.29 is 4.79 Å². The third-order valence-corrected chi connectivity index (χ3v) is 3.43. The summed E-state index contributed by atoms with van der Waals surface area (Å²) in [6, 6.07) is 9.65. The van der Waals surface area contributed by atoms with Crippen molar-refractivity contribution in [3.63, 3.8) is 0 Å². The average molecular weight is 309 g/mol. The highest BCUT2D eigenvalue weighted by molar-refractivity contribution is 6.05. The number of aromatic nitrogens is 1. The molecule has 2 N–H and O–H groups in total. The van der Waals surface area contributed by atoms with E-state index in [1.807, 2.05) is 24.3 Å². The molecule has 0 spiro atoms. The van der Waals surface area contributed by atoms with E-state index in [1.54, 1.807) is 24.5 Å². The van der Waals surface area contributed by atoms with Gasteiger partial charge in [0.2, 0.25) is 0 Å². The van der Waals surface area contributed by atoms with Crippen molar-refractivity contribution in [2.75, 3.05) is 17.2 Å². The van der Waals surface area contributed by atoms with Crippen molar-refractivity contribution in [1.29, 1.82) is 0 Å². The lowest BCUT2D eigenvalue weighted by atomic mass is 9.86. The standard InChI is InChI=1S/C19H23N3O/c1-5-10-21-15-11-14(12-20-13-15)18(23)22-17-9-7-6-8-16(17)19(2,3)4/h5-9,11-13,21H,1,10H2,2-4H3,(H,22,23). The number of hydrogen-bond donors (Lipinski definition) is 2. The fourth-order valence-electron chi connectivity index (χ4n) is 2.29. The van der Waals surface area contributed by atoms with Crippen molar-refractivity contribution in [2.45, 2.75) is 26.2 Å². The molecular weight excluding hydrogens is 286 g/mol.